The van der Waals surface area contributed by atoms with Crippen molar-refractivity contribution in [1.29, 1.82) is 0 Å². The Balaban J connectivity index is 1.96. The molecule has 0 bridgehead atoms. The van der Waals surface area contributed by atoms with Crippen LogP contribution in [0.3, 0.4) is 0 Å². The average Bonchev–Trinajstić information content (AvgIpc) is 3.12. The van der Waals surface area contributed by atoms with Gasteiger partial charge in [-0.3, -0.25) is 9.59 Å². The summed E-state index contributed by atoms with van der Waals surface area (Å²) in [6.45, 7) is 0.673. The number of carbonyl (C=O) groups is 1. The molecule has 2 aromatic rings. The Morgan fingerprint density at radius 2 is 1.96 bits per heavy atom. The molecule has 1 unspecified atom stereocenters. The lowest BCUT2D eigenvalue weighted by molar-refractivity contribution is 0.0733. The first-order valence-electron chi connectivity index (χ1n) is 8.24. The highest BCUT2D eigenvalue weighted by molar-refractivity contribution is 5.94. The molecule has 0 spiro atoms. The lowest BCUT2D eigenvalue weighted by Crippen LogP contribution is -2.31. The number of methoxy groups -OCH3 is 2. The van der Waals surface area contributed by atoms with E-state index in [2.05, 4.69) is 0 Å². The summed E-state index contributed by atoms with van der Waals surface area (Å²) >= 11 is 0. The van der Waals surface area contributed by atoms with Gasteiger partial charge in [0.2, 0.25) is 5.56 Å². The largest absolute Gasteiger partial charge is 0.497 e. The van der Waals surface area contributed by atoms with Gasteiger partial charge >= 0.3 is 0 Å². The molecule has 6 nitrogen and oxygen atoms in total. The van der Waals surface area contributed by atoms with Crippen LogP contribution < -0.4 is 15.0 Å². The molecule has 6 heteroatoms. The van der Waals surface area contributed by atoms with Crippen molar-refractivity contribution in [3.63, 3.8) is 0 Å². The summed E-state index contributed by atoms with van der Waals surface area (Å²) in [5.74, 6) is 1.39. The summed E-state index contributed by atoms with van der Waals surface area (Å²) in [6.07, 6.45) is 3.37. The molecule has 1 aliphatic heterocycles. The van der Waals surface area contributed by atoms with Crippen molar-refractivity contribution in [2.24, 2.45) is 7.05 Å². The van der Waals surface area contributed by atoms with Gasteiger partial charge in [-0.25, -0.2) is 0 Å². The molecule has 2 heterocycles. The molecule has 25 heavy (non-hydrogen) atoms. The molecular formula is C19H22N2O4. The standard InChI is InChI=1S/C19H22N2O4/c1-20-12-13(6-9-18(20)22)19(23)21-10-4-5-16(21)15-11-14(24-2)7-8-17(15)25-3/h6-9,11-12,16H,4-5,10H2,1-3H3. The van der Waals surface area contributed by atoms with Gasteiger partial charge in [-0.05, 0) is 37.1 Å². The number of aryl methyl sites for hydroxylation is 1. The van der Waals surface area contributed by atoms with Gasteiger partial charge in [-0.2, -0.15) is 0 Å². The molecule has 1 atom stereocenters. The molecule has 0 saturated carbocycles. The number of benzene rings is 1. The number of rotatable bonds is 4. The predicted molar refractivity (Wildman–Crippen MR) is 94.2 cm³/mol. The summed E-state index contributed by atoms with van der Waals surface area (Å²) in [5, 5.41) is 0. The lowest BCUT2D eigenvalue weighted by atomic mass is 10.0. The van der Waals surface area contributed by atoms with E-state index in [1.54, 1.807) is 33.5 Å². The number of amides is 1. The fourth-order valence-corrected chi connectivity index (χ4v) is 3.32. The van der Waals surface area contributed by atoms with Crippen molar-refractivity contribution in [1.82, 2.24) is 9.47 Å². The highest BCUT2D eigenvalue weighted by Crippen LogP contribution is 2.39. The maximum Gasteiger partial charge on any atom is 0.255 e. The van der Waals surface area contributed by atoms with E-state index in [1.807, 2.05) is 23.1 Å². The number of hydrogen-bond acceptors (Lipinski definition) is 4. The summed E-state index contributed by atoms with van der Waals surface area (Å²) in [6, 6.07) is 8.57. The maximum atomic E-state index is 13.0. The van der Waals surface area contributed by atoms with Crippen molar-refractivity contribution in [3.05, 3.63) is 58.0 Å². The Morgan fingerprint density at radius 3 is 2.64 bits per heavy atom. The van der Waals surface area contributed by atoms with Crippen molar-refractivity contribution in [3.8, 4) is 11.5 Å². The summed E-state index contributed by atoms with van der Waals surface area (Å²) in [4.78, 5) is 26.4. The first-order valence-corrected chi connectivity index (χ1v) is 8.24. The number of carbonyl (C=O) groups excluding carboxylic acids is 1. The Labute approximate surface area is 146 Å². The number of pyridine rings is 1. The predicted octanol–water partition coefficient (Wildman–Crippen LogP) is 2.38. The normalized spacial score (nSPS) is 16.8. The number of hydrogen-bond donors (Lipinski definition) is 0. The topological polar surface area (TPSA) is 60.8 Å². The van der Waals surface area contributed by atoms with Crippen LogP contribution in [0.5, 0.6) is 11.5 Å². The van der Waals surface area contributed by atoms with Gasteiger partial charge in [0.05, 0.1) is 25.8 Å². The number of aromatic nitrogens is 1. The molecular weight excluding hydrogens is 320 g/mol. The van der Waals surface area contributed by atoms with Gasteiger partial charge in [-0.15, -0.1) is 0 Å². The number of likely N-dealkylation sites (tertiary alicyclic amines) is 1. The highest BCUT2D eigenvalue weighted by Gasteiger charge is 2.32. The monoisotopic (exact) mass is 342 g/mol. The molecule has 1 aliphatic rings. The lowest BCUT2D eigenvalue weighted by Gasteiger charge is -2.27. The zero-order valence-electron chi connectivity index (χ0n) is 14.7. The van der Waals surface area contributed by atoms with E-state index >= 15 is 0 Å². The number of nitrogens with zero attached hydrogens (tertiary/aromatic N) is 2. The molecule has 0 aliphatic carbocycles. The second-order valence-corrected chi connectivity index (χ2v) is 6.13. The van der Waals surface area contributed by atoms with E-state index in [9.17, 15) is 9.59 Å². The Hall–Kier alpha value is -2.76. The van der Waals surface area contributed by atoms with Crippen LogP contribution in [-0.4, -0.2) is 36.1 Å². The average molecular weight is 342 g/mol. The fourth-order valence-electron chi connectivity index (χ4n) is 3.32. The Kier molecular flexibility index (Phi) is 4.79. The SMILES string of the molecule is COc1ccc(OC)c(C2CCCN2C(=O)c2ccc(=O)n(C)c2)c1. The van der Waals surface area contributed by atoms with E-state index in [0.29, 0.717) is 12.1 Å². The summed E-state index contributed by atoms with van der Waals surface area (Å²) in [5.41, 5.74) is 1.32. The molecule has 1 fully saturated rings. The molecule has 1 saturated heterocycles. The molecule has 3 rings (SSSR count). The third kappa shape index (κ3) is 3.24. The van der Waals surface area contributed by atoms with Crippen LogP contribution in [0.15, 0.2) is 41.3 Å². The minimum atomic E-state index is -0.135. The van der Waals surface area contributed by atoms with Gasteiger partial charge in [0.25, 0.3) is 5.91 Å². The van der Waals surface area contributed by atoms with Crippen LogP contribution in [0, 0.1) is 0 Å². The third-order valence-electron chi connectivity index (χ3n) is 4.64. The quantitative estimate of drug-likeness (QED) is 0.856. The van der Waals surface area contributed by atoms with Crippen molar-refractivity contribution >= 4 is 5.91 Å². The first kappa shape index (κ1) is 17.1. The Morgan fingerprint density at radius 1 is 1.16 bits per heavy atom. The van der Waals surface area contributed by atoms with Gasteiger partial charge in [0.1, 0.15) is 11.5 Å². The van der Waals surface area contributed by atoms with E-state index in [1.165, 1.54) is 10.6 Å². The van der Waals surface area contributed by atoms with Crippen LogP contribution in [0.25, 0.3) is 0 Å². The van der Waals surface area contributed by atoms with Crippen molar-refractivity contribution in [2.45, 2.75) is 18.9 Å². The second-order valence-electron chi connectivity index (χ2n) is 6.13. The van der Waals surface area contributed by atoms with Crippen molar-refractivity contribution < 1.29 is 14.3 Å². The molecule has 1 aromatic heterocycles. The van der Waals surface area contributed by atoms with Crippen LogP contribution in [0.4, 0.5) is 0 Å². The molecule has 132 valence electrons. The van der Waals surface area contributed by atoms with Gasteiger partial charge in [0.15, 0.2) is 0 Å². The van der Waals surface area contributed by atoms with Crippen molar-refractivity contribution in [2.75, 3.05) is 20.8 Å². The third-order valence-corrected chi connectivity index (χ3v) is 4.64. The molecule has 0 N–H and O–H groups in total. The fraction of sp³-hybridized carbons (Fsp3) is 0.368. The van der Waals surface area contributed by atoms with Crippen LogP contribution >= 0.6 is 0 Å². The first-order chi connectivity index (χ1) is 12.0. The Bertz CT molecular complexity index is 844. The van der Waals surface area contributed by atoms with Crippen LogP contribution in [-0.2, 0) is 7.05 Å². The van der Waals surface area contributed by atoms with E-state index in [-0.39, 0.29) is 17.5 Å². The summed E-state index contributed by atoms with van der Waals surface area (Å²) < 4.78 is 12.2. The minimum absolute atomic E-state index is 0.0743. The van der Waals surface area contributed by atoms with E-state index in [4.69, 9.17) is 9.47 Å². The zero-order chi connectivity index (χ0) is 18.0. The molecule has 1 amide bonds. The van der Waals surface area contributed by atoms with Gasteiger partial charge in [-0.1, -0.05) is 0 Å². The van der Waals surface area contributed by atoms with Crippen LogP contribution in [0.1, 0.15) is 34.8 Å². The summed E-state index contributed by atoms with van der Waals surface area (Å²) in [7, 11) is 4.89. The smallest absolute Gasteiger partial charge is 0.255 e. The van der Waals surface area contributed by atoms with Gasteiger partial charge in [0, 0.05) is 31.4 Å². The number of ether oxygens (including phenoxy) is 2. The van der Waals surface area contributed by atoms with E-state index in [0.717, 1.165) is 29.9 Å². The molecule has 0 radical (unpaired) electrons. The van der Waals surface area contributed by atoms with E-state index < -0.39 is 0 Å². The van der Waals surface area contributed by atoms with Crippen LogP contribution in [0.2, 0.25) is 0 Å². The zero-order valence-corrected chi connectivity index (χ0v) is 14.7. The van der Waals surface area contributed by atoms with Gasteiger partial charge < -0.3 is 18.9 Å². The maximum absolute atomic E-state index is 13.0. The minimum Gasteiger partial charge on any atom is -0.497 e. The second kappa shape index (κ2) is 7.01. The molecule has 1 aromatic carbocycles. The highest BCUT2D eigenvalue weighted by atomic mass is 16.5.